The van der Waals surface area contributed by atoms with Crippen LogP contribution in [-0.4, -0.2) is 31.7 Å². The van der Waals surface area contributed by atoms with E-state index in [1.807, 2.05) is 0 Å². The minimum atomic E-state index is -0.117. The summed E-state index contributed by atoms with van der Waals surface area (Å²) in [6.07, 6.45) is 5.90. The number of rotatable bonds is 4. The van der Waals surface area contributed by atoms with Crippen LogP contribution in [0.25, 0.3) is 0 Å². The molecule has 3 nitrogen and oxygen atoms in total. The van der Waals surface area contributed by atoms with Crippen molar-refractivity contribution in [2.75, 3.05) is 20.3 Å². The van der Waals surface area contributed by atoms with Crippen LogP contribution in [0.5, 0.6) is 0 Å². The van der Waals surface area contributed by atoms with Gasteiger partial charge in [0.2, 0.25) is 0 Å². The van der Waals surface area contributed by atoms with Crippen LogP contribution < -0.4 is 0 Å². The van der Waals surface area contributed by atoms with E-state index in [9.17, 15) is 4.79 Å². The summed E-state index contributed by atoms with van der Waals surface area (Å²) in [6, 6.07) is 0. The third-order valence-electron chi connectivity index (χ3n) is 3.81. The standard InChI is InChI=1S/C12H20O3/c1-14-12(5-3-6-12)8-11(13)10-4-2-7-15-9-10/h10H,2-9H2,1H3. The van der Waals surface area contributed by atoms with Crippen LogP contribution in [0.3, 0.4) is 0 Å². The van der Waals surface area contributed by atoms with E-state index in [1.165, 1.54) is 6.42 Å². The summed E-state index contributed by atoms with van der Waals surface area (Å²) >= 11 is 0. The van der Waals surface area contributed by atoms with Crippen molar-refractivity contribution in [3.8, 4) is 0 Å². The summed E-state index contributed by atoms with van der Waals surface area (Å²) in [6.45, 7) is 1.44. The molecule has 2 fully saturated rings. The maximum atomic E-state index is 12.0. The van der Waals surface area contributed by atoms with E-state index in [-0.39, 0.29) is 11.5 Å². The highest BCUT2D eigenvalue weighted by atomic mass is 16.5. The average molecular weight is 212 g/mol. The fraction of sp³-hybridized carbons (Fsp3) is 0.917. The first-order chi connectivity index (χ1) is 7.26. The van der Waals surface area contributed by atoms with Gasteiger partial charge < -0.3 is 9.47 Å². The number of hydrogen-bond acceptors (Lipinski definition) is 3. The molecule has 2 rings (SSSR count). The molecule has 1 saturated heterocycles. The lowest BCUT2D eigenvalue weighted by Gasteiger charge is -2.40. The smallest absolute Gasteiger partial charge is 0.141 e. The highest BCUT2D eigenvalue weighted by Crippen LogP contribution is 2.39. The molecule has 0 aromatic carbocycles. The largest absolute Gasteiger partial charge is 0.381 e. The second-order valence-electron chi connectivity index (χ2n) is 4.80. The summed E-state index contributed by atoms with van der Waals surface area (Å²) in [4.78, 5) is 12.0. The van der Waals surface area contributed by atoms with Crippen LogP contribution in [0.1, 0.15) is 38.5 Å². The predicted octanol–water partition coefficient (Wildman–Crippen LogP) is 1.94. The van der Waals surface area contributed by atoms with Gasteiger partial charge in [-0.3, -0.25) is 4.79 Å². The first-order valence-corrected chi connectivity index (χ1v) is 5.91. The van der Waals surface area contributed by atoms with E-state index in [0.29, 0.717) is 18.8 Å². The predicted molar refractivity (Wildman–Crippen MR) is 56.8 cm³/mol. The molecule has 3 heteroatoms. The molecule has 15 heavy (non-hydrogen) atoms. The van der Waals surface area contributed by atoms with Crippen molar-refractivity contribution in [2.45, 2.75) is 44.1 Å². The Morgan fingerprint density at radius 2 is 2.27 bits per heavy atom. The molecule has 1 atom stereocenters. The van der Waals surface area contributed by atoms with Gasteiger partial charge in [0.05, 0.1) is 12.2 Å². The van der Waals surface area contributed by atoms with Gasteiger partial charge in [-0.15, -0.1) is 0 Å². The third kappa shape index (κ3) is 2.40. The van der Waals surface area contributed by atoms with Crippen molar-refractivity contribution >= 4 is 5.78 Å². The monoisotopic (exact) mass is 212 g/mol. The van der Waals surface area contributed by atoms with E-state index in [4.69, 9.17) is 9.47 Å². The van der Waals surface area contributed by atoms with E-state index >= 15 is 0 Å². The summed E-state index contributed by atoms with van der Waals surface area (Å²) in [5, 5.41) is 0. The fourth-order valence-corrected chi connectivity index (χ4v) is 2.48. The highest BCUT2D eigenvalue weighted by molar-refractivity contribution is 5.82. The van der Waals surface area contributed by atoms with E-state index in [0.717, 1.165) is 32.3 Å². The van der Waals surface area contributed by atoms with Crippen molar-refractivity contribution in [3.63, 3.8) is 0 Å². The minimum Gasteiger partial charge on any atom is -0.381 e. The first kappa shape index (κ1) is 11.1. The van der Waals surface area contributed by atoms with Gasteiger partial charge in [0, 0.05) is 26.1 Å². The van der Waals surface area contributed by atoms with Gasteiger partial charge in [0.15, 0.2) is 0 Å². The fourth-order valence-electron chi connectivity index (χ4n) is 2.48. The van der Waals surface area contributed by atoms with Crippen molar-refractivity contribution in [2.24, 2.45) is 5.92 Å². The summed E-state index contributed by atoms with van der Waals surface area (Å²) < 4.78 is 10.8. The van der Waals surface area contributed by atoms with Crippen LogP contribution in [0.4, 0.5) is 0 Å². The van der Waals surface area contributed by atoms with Gasteiger partial charge >= 0.3 is 0 Å². The molecule has 1 aliphatic carbocycles. The van der Waals surface area contributed by atoms with Gasteiger partial charge in [0.1, 0.15) is 5.78 Å². The first-order valence-electron chi connectivity index (χ1n) is 5.91. The van der Waals surface area contributed by atoms with E-state index in [2.05, 4.69) is 0 Å². The maximum Gasteiger partial charge on any atom is 0.141 e. The molecule has 1 heterocycles. The van der Waals surface area contributed by atoms with Gasteiger partial charge in [-0.2, -0.15) is 0 Å². The Kier molecular flexibility index (Phi) is 3.42. The van der Waals surface area contributed by atoms with E-state index in [1.54, 1.807) is 7.11 Å². The Morgan fingerprint density at radius 1 is 1.47 bits per heavy atom. The zero-order valence-electron chi connectivity index (χ0n) is 9.46. The molecule has 0 amide bonds. The highest BCUT2D eigenvalue weighted by Gasteiger charge is 2.40. The number of Topliss-reactive ketones (excluding diaryl/α,β-unsaturated/α-hetero) is 1. The van der Waals surface area contributed by atoms with Crippen LogP contribution in [0.15, 0.2) is 0 Å². The number of ketones is 1. The van der Waals surface area contributed by atoms with Crippen LogP contribution in [-0.2, 0) is 14.3 Å². The van der Waals surface area contributed by atoms with Crippen molar-refractivity contribution in [1.29, 1.82) is 0 Å². The zero-order chi connectivity index (χ0) is 10.7. The molecule has 0 aromatic heterocycles. The summed E-state index contributed by atoms with van der Waals surface area (Å²) in [5.41, 5.74) is -0.117. The van der Waals surface area contributed by atoms with Gasteiger partial charge in [-0.1, -0.05) is 0 Å². The molecule has 0 spiro atoms. The van der Waals surface area contributed by atoms with E-state index < -0.39 is 0 Å². The molecule has 1 unspecified atom stereocenters. The second-order valence-corrected chi connectivity index (χ2v) is 4.80. The zero-order valence-corrected chi connectivity index (χ0v) is 9.46. The number of ether oxygens (including phenoxy) is 2. The normalized spacial score (nSPS) is 29.5. The quantitative estimate of drug-likeness (QED) is 0.714. The Bertz CT molecular complexity index is 222. The molecule has 0 aromatic rings. The van der Waals surface area contributed by atoms with Crippen molar-refractivity contribution in [1.82, 2.24) is 0 Å². The average Bonchev–Trinajstić information content (AvgIpc) is 2.24. The SMILES string of the molecule is COC1(CC(=O)C2CCCOC2)CCC1. The van der Waals surface area contributed by atoms with Gasteiger partial charge in [-0.05, 0) is 32.1 Å². The molecule has 86 valence electrons. The second kappa shape index (κ2) is 4.62. The molecular weight excluding hydrogens is 192 g/mol. The number of methoxy groups -OCH3 is 1. The summed E-state index contributed by atoms with van der Waals surface area (Å²) in [5.74, 6) is 0.475. The molecule has 1 aliphatic heterocycles. The lowest BCUT2D eigenvalue weighted by Crippen LogP contribution is -2.43. The van der Waals surface area contributed by atoms with Crippen LogP contribution >= 0.6 is 0 Å². The maximum absolute atomic E-state index is 12.0. The van der Waals surface area contributed by atoms with Crippen LogP contribution in [0, 0.1) is 5.92 Å². The molecular formula is C12H20O3. The van der Waals surface area contributed by atoms with Gasteiger partial charge in [0.25, 0.3) is 0 Å². The molecule has 2 aliphatic rings. The number of hydrogen-bond donors (Lipinski definition) is 0. The van der Waals surface area contributed by atoms with Crippen molar-refractivity contribution < 1.29 is 14.3 Å². The van der Waals surface area contributed by atoms with Gasteiger partial charge in [-0.25, -0.2) is 0 Å². The topological polar surface area (TPSA) is 35.5 Å². The molecule has 0 bridgehead atoms. The Hall–Kier alpha value is -0.410. The molecule has 0 radical (unpaired) electrons. The lowest BCUT2D eigenvalue weighted by atomic mass is 9.74. The molecule has 0 N–H and O–H groups in total. The number of carbonyl (C=O) groups excluding carboxylic acids is 1. The summed E-state index contributed by atoms with van der Waals surface area (Å²) in [7, 11) is 1.73. The minimum absolute atomic E-state index is 0.117. The Labute approximate surface area is 91.1 Å². The number of carbonyl (C=O) groups is 1. The lowest BCUT2D eigenvalue weighted by molar-refractivity contribution is -0.139. The Morgan fingerprint density at radius 3 is 2.73 bits per heavy atom. The van der Waals surface area contributed by atoms with Crippen molar-refractivity contribution in [3.05, 3.63) is 0 Å². The van der Waals surface area contributed by atoms with Crippen LogP contribution in [0.2, 0.25) is 0 Å². The Balaban J connectivity index is 1.85. The third-order valence-corrected chi connectivity index (χ3v) is 3.81. The molecule has 1 saturated carbocycles.